The molecular formula is C21H23F2NO5. The minimum absolute atomic E-state index is 0.0177. The zero-order valence-corrected chi connectivity index (χ0v) is 16.7. The standard InChI is InChI=1S/C21H23F2NO5/c1-11-17-13(25)8-21(2,3)9-16(17)28-18(11)19(26)24-10-12-5-6-14(29-20(22)23)15(7-12)27-4/h5-7,20H,8-10H2,1-4H3,(H,24,26). The van der Waals surface area contributed by atoms with Gasteiger partial charge in [-0.3, -0.25) is 9.59 Å². The van der Waals surface area contributed by atoms with Crippen LogP contribution in [0, 0.1) is 12.3 Å². The number of rotatable bonds is 6. The molecule has 1 aromatic carbocycles. The predicted octanol–water partition coefficient (Wildman–Crippen LogP) is 4.28. The van der Waals surface area contributed by atoms with Gasteiger partial charge in [0, 0.05) is 24.9 Å². The summed E-state index contributed by atoms with van der Waals surface area (Å²) in [6.45, 7) is 2.83. The minimum Gasteiger partial charge on any atom is -0.493 e. The second-order valence-electron chi connectivity index (χ2n) is 7.84. The van der Waals surface area contributed by atoms with Crippen LogP contribution in [0.2, 0.25) is 0 Å². The highest BCUT2D eigenvalue weighted by molar-refractivity contribution is 6.03. The van der Waals surface area contributed by atoms with Crippen LogP contribution in [-0.4, -0.2) is 25.4 Å². The summed E-state index contributed by atoms with van der Waals surface area (Å²) in [5.41, 5.74) is 1.46. The van der Waals surface area contributed by atoms with E-state index in [9.17, 15) is 18.4 Å². The van der Waals surface area contributed by atoms with Crippen LogP contribution in [-0.2, 0) is 13.0 Å². The van der Waals surface area contributed by atoms with E-state index in [2.05, 4.69) is 10.1 Å². The molecule has 2 aromatic rings. The molecular weight excluding hydrogens is 384 g/mol. The number of amides is 1. The van der Waals surface area contributed by atoms with E-state index < -0.39 is 12.5 Å². The molecule has 1 aliphatic carbocycles. The maximum Gasteiger partial charge on any atom is 0.387 e. The van der Waals surface area contributed by atoms with Gasteiger partial charge in [-0.25, -0.2) is 0 Å². The van der Waals surface area contributed by atoms with Gasteiger partial charge in [-0.1, -0.05) is 19.9 Å². The van der Waals surface area contributed by atoms with Crippen molar-refractivity contribution in [3.8, 4) is 11.5 Å². The van der Waals surface area contributed by atoms with Crippen LogP contribution in [0.15, 0.2) is 22.6 Å². The number of carbonyl (C=O) groups is 2. The number of benzene rings is 1. The van der Waals surface area contributed by atoms with E-state index in [4.69, 9.17) is 9.15 Å². The van der Waals surface area contributed by atoms with Gasteiger partial charge in [-0.15, -0.1) is 0 Å². The Hall–Kier alpha value is -2.90. The third-order valence-electron chi connectivity index (χ3n) is 4.88. The van der Waals surface area contributed by atoms with Gasteiger partial charge in [-0.2, -0.15) is 8.78 Å². The Morgan fingerprint density at radius 1 is 1.28 bits per heavy atom. The second kappa shape index (κ2) is 7.85. The molecule has 6 nitrogen and oxygen atoms in total. The maximum atomic E-state index is 12.6. The van der Waals surface area contributed by atoms with Crippen molar-refractivity contribution in [1.82, 2.24) is 5.32 Å². The lowest BCUT2D eigenvalue weighted by Gasteiger charge is -2.27. The summed E-state index contributed by atoms with van der Waals surface area (Å²) in [5.74, 6) is 0.239. The molecule has 0 radical (unpaired) electrons. The summed E-state index contributed by atoms with van der Waals surface area (Å²) < 4.78 is 40.0. The fraction of sp³-hybridized carbons (Fsp3) is 0.429. The van der Waals surface area contributed by atoms with E-state index in [0.29, 0.717) is 35.3 Å². The van der Waals surface area contributed by atoms with Gasteiger partial charge in [-0.05, 0) is 30.0 Å². The molecule has 3 rings (SSSR count). The molecule has 1 amide bonds. The van der Waals surface area contributed by atoms with Gasteiger partial charge in [0.2, 0.25) is 0 Å². The maximum absolute atomic E-state index is 12.6. The highest BCUT2D eigenvalue weighted by Crippen LogP contribution is 2.38. The lowest BCUT2D eigenvalue weighted by molar-refractivity contribution is -0.0512. The van der Waals surface area contributed by atoms with Crippen molar-refractivity contribution in [2.45, 2.75) is 46.8 Å². The Morgan fingerprint density at radius 2 is 2.00 bits per heavy atom. The molecule has 1 N–H and O–H groups in total. The second-order valence-corrected chi connectivity index (χ2v) is 7.84. The Labute approximate surface area is 167 Å². The third kappa shape index (κ3) is 4.41. The number of hydrogen-bond acceptors (Lipinski definition) is 5. The first kappa shape index (κ1) is 20.8. The Balaban J connectivity index is 1.75. The van der Waals surface area contributed by atoms with Crippen LogP contribution in [0.4, 0.5) is 8.78 Å². The molecule has 8 heteroatoms. The number of ether oxygens (including phenoxy) is 2. The molecule has 0 unspecified atom stereocenters. The van der Waals surface area contributed by atoms with Gasteiger partial charge in [0.1, 0.15) is 5.76 Å². The molecule has 0 aliphatic heterocycles. The van der Waals surface area contributed by atoms with Crippen molar-refractivity contribution < 1.29 is 32.3 Å². The average molecular weight is 407 g/mol. The highest BCUT2D eigenvalue weighted by atomic mass is 19.3. The van der Waals surface area contributed by atoms with Crippen LogP contribution in [0.25, 0.3) is 0 Å². The summed E-state index contributed by atoms with van der Waals surface area (Å²) in [6.07, 6.45) is 0.999. The number of alkyl halides is 2. The van der Waals surface area contributed by atoms with Crippen LogP contribution in [0.1, 0.15) is 58.1 Å². The van der Waals surface area contributed by atoms with Gasteiger partial charge in [0.25, 0.3) is 5.91 Å². The molecule has 0 spiro atoms. The fourth-order valence-corrected chi connectivity index (χ4v) is 3.58. The first-order valence-electron chi connectivity index (χ1n) is 9.16. The summed E-state index contributed by atoms with van der Waals surface area (Å²) in [4.78, 5) is 25.1. The van der Waals surface area contributed by atoms with Crippen molar-refractivity contribution in [1.29, 1.82) is 0 Å². The molecule has 156 valence electrons. The van der Waals surface area contributed by atoms with E-state index in [1.54, 1.807) is 13.0 Å². The van der Waals surface area contributed by atoms with E-state index in [1.807, 2.05) is 13.8 Å². The summed E-state index contributed by atoms with van der Waals surface area (Å²) in [6, 6.07) is 4.40. The van der Waals surface area contributed by atoms with Gasteiger partial charge in [0.15, 0.2) is 23.0 Å². The molecule has 1 aromatic heterocycles. The number of fused-ring (bicyclic) bond motifs is 1. The van der Waals surface area contributed by atoms with Crippen molar-refractivity contribution in [2.24, 2.45) is 5.41 Å². The van der Waals surface area contributed by atoms with Crippen LogP contribution in [0.5, 0.6) is 11.5 Å². The number of Topliss-reactive ketones (excluding diaryl/α,β-unsaturated/α-hetero) is 1. The van der Waals surface area contributed by atoms with Gasteiger partial charge < -0.3 is 19.2 Å². The third-order valence-corrected chi connectivity index (χ3v) is 4.88. The number of furan rings is 1. The van der Waals surface area contributed by atoms with Crippen molar-refractivity contribution in [2.75, 3.05) is 7.11 Å². The largest absolute Gasteiger partial charge is 0.493 e. The van der Waals surface area contributed by atoms with Crippen molar-refractivity contribution in [3.63, 3.8) is 0 Å². The van der Waals surface area contributed by atoms with E-state index >= 15 is 0 Å². The Morgan fingerprint density at radius 3 is 2.66 bits per heavy atom. The van der Waals surface area contributed by atoms with Crippen LogP contribution in [0.3, 0.4) is 0 Å². The predicted molar refractivity (Wildman–Crippen MR) is 101 cm³/mol. The normalized spacial score (nSPS) is 15.2. The van der Waals surface area contributed by atoms with Crippen LogP contribution < -0.4 is 14.8 Å². The first-order chi connectivity index (χ1) is 13.6. The van der Waals surface area contributed by atoms with E-state index in [-0.39, 0.29) is 35.0 Å². The first-order valence-corrected chi connectivity index (χ1v) is 9.16. The molecule has 0 bridgehead atoms. The van der Waals surface area contributed by atoms with Crippen LogP contribution >= 0.6 is 0 Å². The van der Waals surface area contributed by atoms with E-state index in [0.717, 1.165) is 0 Å². The molecule has 0 atom stereocenters. The zero-order valence-electron chi connectivity index (χ0n) is 16.7. The van der Waals surface area contributed by atoms with E-state index in [1.165, 1.54) is 19.2 Å². The summed E-state index contributed by atoms with van der Waals surface area (Å²) in [7, 11) is 1.34. The number of nitrogens with one attached hydrogen (secondary N) is 1. The lowest BCUT2D eigenvalue weighted by Crippen LogP contribution is -2.26. The summed E-state index contributed by atoms with van der Waals surface area (Å²) >= 11 is 0. The molecule has 0 saturated carbocycles. The highest BCUT2D eigenvalue weighted by Gasteiger charge is 2.37. The van der Waals surface area contributed by atoms with Crippen molar-refractivity contribution in [3.05, 3.63) is 46.4 Å². The fourth-order valence-electron chi connectivity index (χ4n) is 3.58. The quantitative estimate of drug-likeness (QED) is 0.773. The monoisotopic (exact) mass is 407 g/mol. The lowest BCUT2D eigenvalue weighted by atomic mass is 9.76. The minimum atomic E-state index is -2.96. The molecule has 1 aliphatic rings. The average Bonchev–Trinajstić information content (AvgIpc) is 2.95. The summed E-state index contributed by atoms with van der Waals surface area (Å²) in [5, 5.41) is 2.72. The number of hydrogen-bond donors (Lipinski definition) is 1. The molecule has 0 saturated heterocycles. The van der Waals surface area contributed by atoms with Gasteiger partial charge >= 0.3 is 6.61 Å². The van der Waals surface area contributed by atoms with Crippen molar-refractivity contribution >= 4 is 11.7 Å². The van der Waals surface area contributed by atoms with Gasteiger partial charge in [0.05, 0.1) is 12.7 Å². The Kier molecular flexibility index (Phi) is 5.64. The number of ketones is 1. The topological polar surface area (TPSA) is 77.8 Å². The number of halogens is 2. The Bertz CT molecular complexity index is 949. The molecule has 0 fully saturated rings. The number of carbonyl (C=O) groups excluding carboxylic acids is 2. The molecule has 1 heterocycles. The smallest absolute Gasteiger partial charge is 0.387 e. The zero-order chi connectivity index (χ0) is 21.3. The molecule has 29 heavy (non-hydrogen) atoms. The number of methoxy groups -OCH3 is 1. The SMILES string of the molecule is COc1cc(CNC(=O)c2oc3c(c2C)C(=O)CC(C)(C)C3)ccc1OC(F)F.